The average Bonchev–Trinajstić information content (AvgIpc) is 2.67. The molecule has 0 bridgehead atoms. The van der Waals surface area contributed by atoms with Crippen LogP contribution in [-0.2, 0) is 10.3 Å². The molecule has 17 heavy (non-hydrogen) atoms. The van der Waals surface area contributed by atoms with Crippen LogP contribution in [0.15, 0.2) is 4.52 Å². The summed E-state index contributed by atoms with van der Waals surface area (Å²) in [6.45, 7) is 3.91. The van der Waals surface area contributed by atoms with Gasteiger partial charge in [-0.15, -0.1) is 0 Å². The van der Waals surface area contributed by atoms with E-state index in [1.54, 1.807) is 7.11 Å². The molecule has 0 saturated heterocycles. The van der Waals surface area contributed by atoms with Gasteiger partial charge < -0.3 is 9.26 Å². The molecule has 0 amide bonds. The van der Waals surface area contributed by atoms with E-state index in [4.69, 9.17) is 9.26 Å². The van der Waals surface area contributed by atoms with Crippen LogP contribution in [0.2, 0.25) is 0 Å². The monoisotopic (exact) mass is 238 g/mol. The SMILES string of the molecule is COC(C)(C)c1noc(C2CCCCCC2)n1. The quantitative estimate of drug-likeness (QED) is 0.757. The second-order valence-corrected chi connectivity index (χ2v) is 5.36. The zero-order chi connectivity index (χ0) is 12.3. The van der Waals surface area contributed by atoms with Crippen molar-refractivity contribution in [2.75, 3.05) is 7.11 Å². The molecule has 0 spiro atoms. The second-order valence-electron chi connectivity index (χ2n) is 5.36. The summed E-state index contributed by atoms with van der Waals surface area (Å²) in [4.78, 5) is 4.52. The van der Waals surface area contributed by atoms with Crippen molar-refractivity contribution in [3.8, 4) is 0 Å². The van der Waals surface area contributed by atoms with Gasteiger partial charge in [0, 0.05) is 13.0 Å². The van der Waals surface area contributed by atoms with Crippen LogP contribution in [0.4, 0.5) is 0 Å². The lowest BCUT2D eigenvalue weighted by Crippen LogP contribution is -2.21. The topological polar surface area (TPSA) is 48.2 Å². The molecule has 0 aliphatic heterocycles. The fourth-order valence-corrected chi connectivity index (χ4v) is 2.26. The fraction of sp³-hybridized carbons (Fsp3) is 0.846. The third-order valence-corrected chi connectivity index (χ3v) is 3.69. The first-order chi connectivity index (χ1) is 8.13. The lowest BCUT2D eigenvalue weighted by Gasteiger charge is -2.17. The minimum atomic E-state index is -0.466. The van der Waals surface area contributed by atoms with Crippen molar-refractivity contribution in [3.63, 3.8) is 0 Å². The Morgan fingerprint density at radius 3 is 2.41 bits per heavy atom. The first kappa shape index (κ1) is 12.6. The molecule has 4 heteroatoms. The molecule has 0 aromatic carbocycles. The van der Waals surface area contributed by atoms with Gasteiger partial charge in [0.1, 0.15) is 5.60 Å². The van der Waals surface area contributed by atoms with Gasteiger partial charge in [-0.3, -0.25) is 0 Å². The summed E-state index contributed by atoms with van der Waals surface area (Å²) in [5, 5.41) is 4.05. The van der Waals surface area contributed by atoms with Crippen LogP contribution in [0.25, 0.3) is 0 Å². The van der Waals surface area contributed by atoms with E-state index in [0.717, 1.165) is 5.89 Å². The van der Waals surface area contributed by atoms with Gasteiger partial charge in [0.2, 0.25) is 11.7 Å². The van der Waals surface area contributed by atoms with Crippen molar-refractivity contribution < 1.29 is 9.26 Å². The van der Waals surface area contributed by atoms with Crippen molar-refractivity contribution in [1.82, 2.24) is 10.1 Å². The zero-order valence-corrected chi connectivity index (χ0v) is 11.0. The van der Waals surface area contributed by atoms with Gasteiger partial charge in [0.15, 0.2) is 0 Å². The van der Waals surface area contributed by atoms with Crippen LogP contribution in [0.1, 0.15) is 70.0 Å². The Kier molecular flexibility index (Phi) is 3.82. The largest absolute Gasteiger partial charge is 0.371 e. The van der Waals surface area contributed by atoms with Crippen molar-refractivity contribution in [2.45, 2.75) is 63.9 Å². The maximum atomic E-state index is 5.41. The molecule has 1 heterocycles. The molecule has 0 atom stereocenters. The molecule has 0 N–H and O–H groups in total. The van der Waals surface area contributed by atoms with Gasteiger partial charge >= 0.3 is 0 Å². The summed E-state index contributed by atoms with van der Waals surface area (Å²) in [5.41, 5.74) is -0.466. The lowest BCUT2D eigenvalue weighted by atomic mass is 10.0. The Bertz CT molecular complexity index is 352. The third kappa shape index (κ3) is 2.86. The standard InChI is InChI=1S/C13H22N2O2/c1-13(2,16-3)12-14-11(17-15-12)10-8-6-4-5-7-9-10/h10H,4-9H2,1-3H3. The van der Waals surface area contributed by atoms with Gasteiger partial charge in [-0.25, -0.2) is 0 Å². The summed E-state index contributed by atoms with van der Waals surface area (Å²) >= 11 is 0. The predicted octanol–water partition coefficient (Wildman–Crippen LogP) is 3.39. The molecule has 0 radical (unpaired) electrons. The minimum Gasteiger partial charge on any atom is -0.371 e. The van der Waals surface area contributed by atoms with Crippen molar-refractivity contribution >= 4 is 0 Å². The number of nitrogens with zero attached hydrogens (tertiary/aromatic N) is 2. The highest BCUT2D eigenvalue weighted by Crippen LogP contribution is 2.31. The number of hydrogen-bond donors (Lipinski definition) is 0. The highest BCUT2D eigenvalue weighted by Gasteiger charge is 2.28. The van der Waals surface area contributed by atoms with Gasteiger partial charge in [-0.2, -0.15) is 4.98 Å². The van der Waals surface area contributed by atoms with E-state index in [0.29, 0.717) is 11.7 Å². The maximum Gasteiger partial charge on any atom is 0.229 e. The van der Waals surface area contributed by atoms with E-state index >= 15 is 0 Å². The van der Waals surface area contributed by atoms with E-state index < -0.39 is 5.60 Å². The van der Waals surface area contributed by atoms with E-state index in [1.807, 2.05) is 13.8 Å². The summed E-state index contributed by atoms with van der Waals surface area (Å²) in [7, 11) is 1.67. The van der Waals surface area contributed by atoms with E-state index in [1.165, 1.54) is 38.5 Å². The van der Waals surface area contributed by atoms with Crippen LogP contribution < -0.4 is 0 Å². The van der Waals surface area contributed by atoms with Gasteiger partial charge in [-0.1, -0.05) is 30.8 Å². The first-order valence-electron chi connectivity index (χ1n) is 6.53. The van der Waals surface area contributed by atoms with E-state index in [9.17, 15) is 0 Å². The Labute approximate surface area is 103 Å². The molecule has 1 aromatic rings. The van der Waals surface area contributed by atoms with Crippen LogP contribution in [0.3, 0.4) is 0 Å². The summed E-state index contributed by atoms with van der Waals surface area (Å²) in [5.74, 6) is 1.90. The van der Waals surface area contributed by atoms with Gasteiger partial charge in [-0.05, 0) is 26.7 Å². The normalized spacial score (nSPS) is 19.2. The maximum absolute atomic E-state index is 5.41. The van der Waals surface area contributed by atoms with Crippen molar-refractivity contribution in [2.24, 2.45) is 0 Å². The predicted molar refractivity (Wildman–Crippen MR) is 64.8 cm³/mol. The first-order valence-corrected chi connectivity index (χ1v) is 6.53. The smallest absolute Gasteiger partial charge is 0.229 e. The molecule has 1 aliphatic carbocycles. The Hall–Kier alpha value is -0.900. The average molecular weight is 238 g/mol. The molecular weight excluding hydrogens is 216 g/mol. The third-order valence-electron chi connectivity index (χ3n) is 3.69. The van der Waals surface area contributed by atoms with Crippen LogP contribution in [-0.4, -0.2) is 17.3 Å². The van der Waals surface area contributed by atoms with Crippen molar-refractivity contribution in [3.05, 3.63) is 11.7 Å². The number of aromatic nitrogens is 2. The Morgan fingerprint density at radius 1 is 1.18 bits per heavy atom. The second kappa shape index (κ2) is 5.17. The highest BCUT2D eigenvalue weighted by atomic mass is 16.5. The summed E-state index contributed by atoms with van der Waals surface area (Å²) < 4.78 is 10.8. The molecule has 0 unspecified atom stereocenters. The molecule has 4 nitrogen and oxygen atoms in total. The molecule has 1 saturated carbocycles. The molecule has 1 fully saturated rings. The van der Waals surface area contributed by atoms with E-state index in [-0.39, 0.29) is 0 Å². The zero-order valence-electron chi connectivity index (χ0n) is 11.0. The molecule has 1 aliphatic rings. The fourth-order valence-electron chi connectivity index (χ4n) is 2.26. The summed E-state index contributed by atoms with van der Waals surface area (Å²) in [6, 6.07) is 0. The van der Waals surface area contributed by atoms with Gasteiger partial charge in [0.25, 0.3) is 0 Å². The van der Waals surface area contributed by atoms with Crippen LogP contribution in [0.5, 0.6) is 0 Å². The number of ether oxygens (including phenoxy) is 1. The number of hydrogen-bond acceptors (Lipinski definition) is 4. The molecule has 2 rings (SSSR count). The van der Waals surface area contributed by atoms with Crippen molar-refractivity contribution in [1.29, 1.82) is 0 Å². The van der Waals surface area contributed by atoms with Crippen LogP contribution in [0, 0.1) is 0 Å². The molecular formula is C13H22N2O2. The highest BCUT2D eigenvalue weighted by molar-refractivity contribution is 5.01. The van der Waals surface area contributed by atoms with Gasteiger partial charge in [0.05, 0.1) is 0 Å². The Morgan fingerprint density at radius 2 is 1.82 bits per heavy atom. The van der Waals surface area contributed by atoms with E-state index in [2.05, 4.69) is 10.1 Å². The Balaban J connectivity index is 2.11. The number of rotatable bonds is 3. The molecule has 1 aromatic heterocycles. The lowest BCUT2D eigenvalue weighted by molar-refractivity contribution is 0.00973. The number of methoxy groups -OCH3 is 1. The minimum absolute atomic E-state index is 0.450. The molecule has 96 valence electrons. The van der Waals surface area contributed by atoms with Crippen LogP contribution >= 0.6 is 0 Å². The summed E-state index contributed by atoms with van der Waals surface area (Å²) in [6.07, 6.45) is 7.57.